The molecule has 150 valence electrons. The fourth-order valence-electron chi connectivity index (χ4n) is 2.71. The molecule has 0 radical (unpaired) electrons. The number of rotatable bonds is 8. The number of hydrogen-bond donors (Lipinski definition) is 0. The third kappa shape index (κ3) is 8.69. The normalized spacial score (nSPS) is 11.2. The van der Waals surface area contributed by atoms with E-state index in [1.54, 1.807) is 6.07 Å². The largest absolute Gasteiger partial charge is 0.489 e. The number of hydrogen-bond acceptors (Lipinski definition) is 3. The van der Waals surface area contributed by atoms with Gasteiger partial charge in [0.05, 0.1) is 11.6 Å². The summed E-state index contributed by atoms with van der Waals surface area (Å²) in [5.74, 6) is 7.18. The van der Waals surface area contributed by atoms with Crippen LogP contribution in [0.2, 0.25) is 0 Å². The Labute approximate surface area is 175 Å². The van der Waals surface area contributed by atoms with E-state index in [1.807, 2.05) is 36.4 Å². The Balaban J connectivity index is 1.92. The van der Waals surface area contributed by atoms with Gasteiger partial charge in [0.2, 0.25) is 0 Å². The molecule has 0 saturated heterocycles. The molecule has 3 nitrogen and oxygen atoms in total. The van der Waals surface area contributed by atoms with E-state index >= 15 is 0 Å². The Morgan fingerprint density at radius 2 is 1.83 bits per heavy atom. The topological polar surface area (TPSA) is 36.3 Å². The summed E-state index contributed by atoms with van der Waals surface area (Å²) >= 11 is 0. The molecule has 0 unspecified atom stereocenters. The molecule has 2 aromatic carbocycles. The van der Waals surface area contributed by atoms with Crippen molar-refractivity contribution in [2.75, 3.05) is 13.1 Å². The summed E-state index contributed by atoms with van der Waals surface area (Å²) in [7, 11) is 0. The minimum Gasteiger partial charge on any atom is -0.489 e. The smallest absolute Gasteiger partial charge is 0.120 e. The minimum absolute atomic E-state index is 0.0329. The molecule has 29 heavy (non-hydrogen) atoms. The number of ether oxygens (including phenoxy) is 1. The van der Waals surface area contributed by atoms with Crippen LogP contribution < -0.4 is 4.74 Å². The maximum absolute atomic E-state index is 9.01. The second kappa shape index (κ2) is 11.1. The molecular weight excluding hydrogens is 356 g/mol. The Kier molecular flexibility index (Phi) is 8.53. The highest BCUT2D eigenvalue weighted by Crippen LogP contribution is 2.17. The Hall–Kier alpha value is -3.01. The van der Waals surface area contributed by atoms with E-state index in [0.29, 0.717) is 12.2 Å². The number of benzene rings is 2. The Morgan fingerprint density at radius 3 is 2.55 bits per heavy atom. The van der Waals surface area contributed by atoms with Crippen LogP contribution in [-0.2, 0) is 13.2 Å². The van der Waals surface area contributed by atoms with Crippen molar-refractivity contribution in [2.45, 2.75) is 40.8 Å². The van der Waals surface area contributed by atoms with E-state index in [-0.39, 0.29) is 5.41 Å². The Bertz CT molecular complexity index is 920. The van der Waals surface area contributed by atoms with Gasteiger partial charge >= 0.3 is 0 Å². The lowest BCUT2D eigenvalue weighted by molar-refractivity contribution is 0.299. The van der Waals surface area contributed by atoms with Crippen LogP contribution in [0.3, 0.4) is 0 Å². The molecule has 3 heteroatoms. The number of allylic oxidation sites excluding steroid dienone is 1. The molecule has 2 rings (SSSR count). The van der Waals surface area contributed by atoms with Crippen molar-refractivity contribution in [3.63, 3.8) is 0 Å². The third-order valence-electron chi connectivity index (χ3n) is 4.23. The lowest BCUT2D eigenvalue weighted by atomic mass is 9.98. The Morgan fingerprint density at radius 1 is 1.07 bits per heavy atom. The molecule has 0 N–H and O–H groups in total. The summed E-state index contributed by atoms with van der Waals surface area (Å²) in [6, 6.07) is 17.9. The zero-order valence-electron chi connectivity index (χ0n) is 17.9. The molecule has 0 aliphatic heterocycles. The van der Waals surface area contributed by atoms with E-state index in [2.05, 4.69) is 68.7 Å². The SMILES string of the molecule is CCN(C/C=C/C#CC(C)(C)C)Cc1cccc(OCc2cccc(C#N)c2)c1. The van der Waals surface area contributed by atoms with E-state index < -0.39 is 0 Å². The number of nitriles is 1. The maximum Gasteiger partial charge on any atom is 0.120 e. The van der Waals surface area contributed by atoms with Crippen LogP contribution in [0.15, 0.2) is 60.7 Å². The second-order valence-electron chi connectivity index (χ2n) is 8.00. The summed E-state index contributed by atoms with van der Waals surface area (Å²) in [5.41, 5.74) is 2.89. The fourth-order valence-corrected chi connectivity index (χ4v) is 2.71. The molecule has 2 aromatic rings. The molecule has 0 fully saturated rings. The van der Waals surface area contributed by atoms with Crippen LogP contribution in [-0.4, -0.2) is 18.0 Å². The highest BCUT2D eigenvalue weighted by atomic mass is 16.5. The van der Waals surface area contributed by atoms with Crippen LogP contribution in [0.25, 0.3) is 0 Å². The predicted molar refractivity (Wildman–Crippen MR) is 119 cm³/mol. The molecule has 0 bridgehead atoms. The van der Waals surface area contributed by atoms with Gasteiger partial charge in [0.1, 0.15) is 12.4 Å². The highest BCUT2D eigenvalue weighted by Gasteiger charge is 2.05. The van der Waals surface area contributed by atoms with Gasteiger partial charge in [0, 0.05) is 18.5 Å². The van der Waals surface area contributed by atoms with E-state index in [0.717, 1.165) is 30.9 Å². The van der Waals surface area contributed by atoms with Gasteiger partial charge in [-0.3, -0.25) is 4.90 Å². The first-order chi connectivity index (χ1) is 13.9. The van der Waals surface area contributed by atoms with Crippen molar-refractivity contribution in [2.24, 2.45) is 5.41 Å². The fraction of sp³-hybridized carbons (Fsp3) is 0.346. The summed E-state index contributed by atoms with van der Waals surface area (Å²) in [6.07, 6.45) is 4.06. The zero-order chi connectivity index (χ0) is 21.1. The van der Waals surface area contributed by atoms with E-state index in [4.69, 9.17) is 10.00 Å². The van der Waals surface area contributed by atoms with Gasteiger partial charge in [-0.15, -0.1) is 0 Å². The zero-order valence-corrected chi connectivity index (χ0v) is 17.9. The van der Waals surface area contributed by atoms with Gasteiger partial charge in [0.25, 0.3) is 0 Å². The first-order valence-corrected chi connectivity index (χ1v) is 10.0. The summed E-state index contributed by atoms with van der Waals surface area (Å²) in [5, 5.41) is 9.01. The lowest BCUT2D eigenvalue weighted by Gasteiger charge is -2.19. The third-order valence-corrected chi connectivity index (χ3v) is 4.23. The molecule has 0 atom stereocenters. The van der Waals surface area contributed by atoms with Gasteiger partial charge in [-0.05, 0) is 68.8 Å². The van der Waals surface area contributed by atoms with Crippen molar-refractivity contribution in [1.29, 1.82) is 5.26 Å². The average molecular weight is 387 g/mol. The minimum atomic E-state index is 0.0329. The standard InChI is InChI=1S/C26H30N2O/c1-5-28(16-8-6-7-15-26(2,3)4)20-23-12-10-14-25(18-23)29-21-24-13-9-11-22(17-24)19-27/h6,8-14,17-18H,5,16,20-21H2,1-4H3/b8-6+. The van der Waals surface area contributed by atoms with Crippen LogP contribution in [0.4, 0.5) is 0 Å². The average Bonchev–Trinajstić information content (AvgIpc) is 2.70. The van der Waals surface area contributed by atoms with Gasteiger partial charge in [-0.25, -0.2) is 0 Å². The molecule has 0 saturated carbocycles. The summed E-state index contributed by atoms with van der Waals surface area (Å²) in [4.78, 5) is 2.35. The van der Waals surface area contributed by atoms with Crippen molar-refractivity contribution in [3.05, 3.63) is 77.4 Å². The van der Waals surface area contributed by atoms with Crippen molar-refractivity contribution in [3.8, 4) is 23.7 Å². The van der Waals surface area contributed by atoms with Crippen LogP contribution in [0, 0.1) is 28.6 Å². The van der Waals surface area contributed by atoms with Gasteiger partial charge < -0.3 is 4.74 Å². The molecule has 0 spiro atoms. The van der Waals surface area contributed by atoms with Crippen LogP contribution >= 0.6 is 0 Å². The summed E-state index contributed by atoms with van der Waals surface area (Å²) in [6.45, 7) is 11.6. The first kappa shape index (κ1) is 22.3. The molecular formula is C26H30N2O. The van der Waals surface area contributed by atoms with Crippen molar-refractivity contribution in [1.82, 2.24) is 4.90 Å². The molecule has 0 amide bonds. The van der Waals surface area contributed by atoms with Crippen LogP contribution in [0.5, 0.6) is 5.75 Å². The number of likely N-dealkylation sites (N-methyl/N-ethyl adjacent to an activating group) is 1. The van der Waals surface area contributed by atoms with Gasteiger partial charge in [0.15, 0.2) is 0 Å². The first-order valence-electron chi connectivity index (χ1n) is 10.0. The monoisotopic (exact) mass is 386 g/mol. The van der Waals surface area contributed by atoms with Crippen LogP contribution in [0.1, 0.15) is 44.4 Å². The second-order valence-corrected chi connectivity index (χ2v) is 8.00. The molecule has 0 heterocycles. The van der Waals surface area contributed by atoms with Crippen molar-refractivity contribution < 1.29 is 4.74 Å². The quantitative estimate of drug-likeness (QED) is 0.557. The van der Waals surface area contributed by atoms with E-state index in [9.17, 15) is 0 Å². The van der Waals surface area contributed by atoms with Crippen molar-refractivity contribution >= 4 is 0 Å². The predicted octanol–water partition coefficient (Wildman–Crippen LogP) is 5.56. The highest BCUT2D eigenvalue weighted by molar-refractivity contribution is 5.33. The molecule has 0 aliphatic carbocycles. The van der Waals surface area contributed by atoms with Gasteiger partial charge in [-0.1, -0.05) is 49.1 Å². The van der Waals surface area contributed by atoms with E-state index in [1.165, 1.54) is 5.56 Å². The molecule has 0 aromatic heterocycles. The molecule has 0 aliphatic rings. The van der Waals surface area contributed by atoms with Gasteiger partial charge in [-0.2, -0.15) is 5.26 Å². The summed E-state index contributed by atoms with van der Waals surface area (Å²) < 4.78 is 5.93. The number of nitrogens with zero attached hydrogens (tertiary/aromatic N) is 2. The lowest BCUT2D eigenvalue weighted by Crippen LogP contribution is -2.22. The maximum atomic E-state index is 9.01.